The highest BCUT2D eigenvalue weighted by Gasteiger charge is 2.24. The minimum atomic E-state index is -1.09. The summed E-state index contributed by atoms with van der Waals surface area (Å²) in [5.41, 5.74) is 3.36. The van der Waals surface area contributed by atoms with E-state index in [0.29, 0.717) is 24.1 Å². The van der Waals surface area contributed by atoms with Crippen LogP contribution in [-0.2, 0) is 20.8 Å². The Bertz CT molecular complexity index is 958. The first-order chi connectivity index (χ1) is 16.9. The fourth-order valence-corrected chi connectivity index (χ4v) is 4.13. The van der Waals surface area contributed by atoms with Crippen LogP contribution in [0.25, 0.3) is 11.1 Å². The molecule has 0 aliphatic heterocycles. The number of carboxylic acid groups (broad SMARTS) is 1. The van der Waals surface area contributed by atoms with Crippen LogP contribution < -0.4 is 10.2 Å². The highest BCUT2D eigenvalue weighted by Crippen LogP contribution is 2.29. The van der Waals surface area contributed by atoms with Gasteiger partial charge in [0.2, 0.25) is 11.8 Å². The maximum Gasteiger partial charge on any atom is 0.326 e. The van der Waals surface area contributed by atoms with Crippen LogP contribution >= 0.6 is 0 Å². The zero-order valence-corrected chi connectivity index (χ0v) is 21.4. The van der Waals surface area contributed by atoms with Crippen molar-refractivity contribution in [3.63, 3.8) is 0 Å². The smallest absolute Gasteiger partial charge is 0.326 e. The number of carboxylic acids is 1. The summed E-state index contributed by atoms with van der Waals surface area (Å²) in [4.78, 5) is 38.7. The first-order valence-electron chi connectivity index (χ1n) is 12.8. The second-order valence-electron chi connectivity index (χ2n) is 9.09. The Kier molecular flexibility index (Phi) is 12.0. The third-order valence-corrected chi connectivity index (χ3v) is 6.21. The predicted molar refractivity (Wildman–Crippen MR) is 141 cm³/mol. The summed E-state index contributed by atoms with van der Waals surface area (Å²) in [6.45, 7) is 4.06. The van der Waals surface area contributed by atoms with Crippen LogP contribution in [0, 0.1) is 0 Å². The third-order valence-electron chi connectivity index (χ3n) is 6.21. The number of nitrogens with zero attached hydrogens (tertiary/aromatic N) is 1. The molecule has 6 heteroatoms. The lowest BCUT2D eigenvalue weighted by Gasteiger charge is -2.24. The number of carbonyl (C=O) groups is 3. The fourth-order valence-electron chi connectivity index (χ4n) is 4.13. The molecule has 0 saturated heterocycles. The Balaban J connectivity index is 2.26. The molecule has 0 radical (unpaired) electrons. The van der Waals surface area contributed by atoms with E-state index in [1.54, 1.807) is 11.9 Å². The molecule has 2 N–H and O–H groups in total. The molecule has 2 amide bonds. The number of aliphatic carboxylic acids is 1. The zero-order valence-electron chi connectivity index (χ0n) is 21.4. The van der Waals surface area contributed by atoms with Gasteiger partial charge in [-0.15, -0.1) is 0 Å². The SMILES string of the molecule is CCCCCCCCC(=O)N(C)c1cc(-c2ccccc2)ccc1CC(NC(=O)CCC)C(=O)O. The van der Waals surface area contributed by atoms with E-state index in [2.05, 4.69) is 12.2 Å². The van der Waals surface area contributed by atoms with E-state index < -0.39 is 12.0 Å². The van der Waals surface area contributed by atoms with Crippen LogP contribution in [0.15, 0.2) is 48.5 Å². The van der Waals surface area contributed by atoms with Crippen LogP contribution in [0.3, 0.4) is 0 Å². The van der Waals surface area contributed by atoms with Crippen molar-refractivity contribution in [1.29, 1.82) is 0 Å². The summed E-state index contributed by atoms with van der Waals surface area (Å²) in [6, 6.07) is 14.6. The second kappa shape index (κ2) is 15.0. The Morgan fingerprint density at radius 3 is 2.20 bits per heavy atom. The minimum Gasteiger partial charge on any atom is -0.480 e. The summed E-state index contributed by atoms with van der Waals surface area (Å²) in [6.07, 6.45) is 8.09. The normalized spacial score (nSPS) is 11.6. The molecule has 0 bridgehead atoms. The first kappa shape index (κ1) is 28.1. The lowest BCUT2D eigenvalue weighted by molar-refractivity contribution is -0.141. The van der Waals surface area contributed by atoms with Crippen LogP contribution in [0.1, 0.15) is 77.2 Å². The van der Waals surface area contributed by atoms with Gasteiger partial charge in [-0.25, -0.2) is 4.79 Å². The monoisotopic (exact) mass is 480 g/mol. The number of benzene rings is 2. The van der Waals surface area contributed by atoms with Gasteiger partial charge >= 0.3 is 5.97 Å². The molecule has 0 spiro atoms. The van der Waals surface area contributed by atoms with E-state index in [0.717, 1.165) is 30.4 Å². The van der Waals surface area contributed by atoms with E-state index in [1.165, 1.54) is 19.3 Å². The summed E-state index contributed by atoms with van der Waals surface area (Å²) in [5, 5.41) is 12.4. The summed E-state index contributed by atoms with van der Waals surface area (Å²) >= 11 is 0. The largest absolute Gasteiger partial charge is 0.480 e. The van der Waals surface area contributed by atoms with Crippen LogP contribution in [0.2, 0.25) is 0 Å². The number of amides is 2. The molecule has 0 fully saturated rings. The Morgan fingerprint density at radius 2 is 1.54 bits per heavy atom. The van der Waals surface area contributed by atoms with Crippen LogP contribution in [-0.4, -0.2) is 36.0 Å². The van der Waals surface area contributed by atoms with Gasteiger partial charge in [0.25, 0.3) is 0 Å². The third kappa shape index (κ3) is 9.19. The van der Waals surface area contributed by atoms with Crippen molar-refractivity contribution in [2.45, 2.75) is 84.1 Å². The second-order valence-corrected chi connectivity index (χ2v) is 9.09. The van der Waals surface area contributed by atoms with Gasteiger partial charge in [0.1, 0.15) is 6.04 Å². The molecule has 1 atom stereocenters. The van der Waals surface area contributed by atoms with E-state index in [4.69, 9.17) is 0 Å². The summed E-state index contributed by atoms with van der Waals surface area (Å²) in [7, 11) is 1.75. The molecule has 6 nitrogen and oxygen atoms in total. The number of unbranched alkanes of at least 4 members (excludes halogenated alkanes) is 5. The lowest BCUT2D eigenvalue weighted by atomic mass is 9.97. The van der Waals surface area contributed by atoms with Gasteiger partial charge in [0.05, 0.1) is 0 Å². The molecular formula is C29H40N2O4. The molecule has 0 aromatic heterocycles. The van der Waals surface area contributed by atoms with E-state index in [9.17, 15) is 19.5 Å². The molecule has 0 aliphatic carbocycles. The van der Waals surface area contributed by atoms with Gasteiger partial charge in [-0.2, -0.15) is 0 Å². The van der Waals surface area contributed by atoms with Crippen LogP contribution in [0.5, 0.6) is 0 Å². The van der Waals surface area contributed by atoms with E-state index in [-0.39, 0.29) is 24.7 Å². The number of hydrogen-bond acceptors (Lipinski definition) is 3. The molecule has 0 saturated carbocycles. The van der Waals surface area contributed by atoms with Crippen molar-refractivity contribution in [2.75, 3.05) is 11.9 Å². The Hall–Kier alpha value is -3.15. The number of nitrogens with one attached hydrogen (secondary N) is 1. The van der Waals surface area contributed by atoms with Gasteiger partial charge in [-0.1, -0.05) is 88.4 Å². The Labute approximate surface area is 209 Å². The van der Waals surface area contributed by atoms with Gasteiger partial charge < -0.3 is 15.3 Å². The molecule has 2 aromatic rings. The average molecular weight is 481 g/mol. The molecule has 1 unspecified atom stereocenters. The molecular weight excluding hydrogens is 440 g/mol. The maximum atomic E-state index is 13.1. The Morgan fingerprint density at radius 1 is 0.857 bits per heavy atom. The topological polar surface area (TPSA) is 86.7 Å². The minimum absolute atomic E-state index is 0.00819. The van der Waals surface area contributed by atoms with Crippen molar-refractivity contribution in [1.82, 2.24) is 5.32 Å². The van der Waals surface area contributed by atoms with Crippen LogP contribution in [0.4, 0.5) is 5.69 Å². The van der Waals surface area contributed by atoms with Crippen molar-refractivity contribution in [2.24, 2.45) is 0 Å². The fraction of sp³-hybridized carbons (Fsp3) is 0.483. The van der Waals surface area contributed by atoms with Gasteiger partial charge in [-0.3, -0.25) is 9.59 Å². The molecule has 0 heterocycles. The van der Waals surface area contributed by atoms with Crippen molar-refractivity contribution in [3.8, 4) is 11.1 Å². The standard InChI is InChI=1S/C29H40N2O4/c1-4-6-7-8-9-13-17-28(33)31(3)26-21-23(22-15-11-10-12-16-22)18-19-24(26)20-25(29(34)35)30-27(32)14-5-2/h10-12,15-16,18-19,21,25H,4-9,13-14,17,20H2,1-3H3,(H,30,32)(H,34,35). The first-order valence-corrected chi connectivity index (χ1v) is 12.8. The van der Waals surface area contributed by atoms with E-state index >= 15 is 0 Å². The molecule has 190 valence electrons. The van der Waals surface area contributed by atoms with Gasteiger partial charge in [0, 0.05) is 32.0 Å². The van der Waals surface area contributed by atoms with Crippen molar-refractivity contribution in [3.05, 3.63) is 54.1 Å². The highest BCUT2D eigenvalue weighted by molar-refractivity contribution is 5.94. The lowest BCUT2D eigenvalue weighted by Crippen LogP contribution is -2.42. The maximum absolute atomic E-state index is 13.1. The highest BCUT2D eigenvalue weighted by atomic mass is 16.4. The molecule has 0 aliphatic rings. The number of carbonyl (C=O) groups excluding carboxylic acids is 2. The zero-order chi connectivity index (χ0) is 25.6. The molecule has 2 aromatic carbocycles. The number of hydrogen-bond donors (Lipinski definition) is 2. The average Bonchev–Trinajstić information content (AvgIpc) is 2.86. The van der Waals surface area contributed by atoms with E-state index in [1.807, 2.05) is 55.5 Å². The molecule has 35 heavy (non-hydrogen) atoms. The van der Waals surface area contributed by atoms with Crippen molar-refractivity contribution >= 4 is 23.5 Å². The van der Waals surface area contributed by atoms with Gasteiger partial charge in [0.15, 0.2) is 0 Å². The van der Waals surface area contributed by atoms with Crippen molar-refractivity contribution < 1.29 is 19.5 Å². The number of rotatable bonds is 15. The number of anilines is 1. The molecule has 2 rings (SSSR count). The predicted octanol–water partition coefficient (Wildman–Crippen LogP) is 5.98. The van der Waals surface area contributed by atoms with Gasteiger partial charge in [-0.05, 0) is 35.6 Å². The quantitative estimate of drug-likeness (QED) is 0.307. The summed E-state index contributed by atoms with van der Waals surface area (Å²) in [5.74, 6) is -1.36. The summed E-state index contributed by atoms with van der Waals surface area (Å²) < 4.78 is 0.